The van der Waals surface area contributed by atoms with Gasteiger partial charge in [0.15, 0.2) is 0 Å². The van der Waals surface area contributed by atoms with Crippen molar-refractivity contribution in [1.82, 2.24) is 15.1 Å². The molecule has 0 aliphatic heterocycles. The van der Waals surface area contributed by atoms with Crippen LogP contribution in [0.5, 0.6) is 11.5 Å². The number of hydrogen-bond donors (Lipinski definition) is 0. The van der Waals surface area contributed by atoms with Crippen molar-refractivity contribution in [1.29, 1.82) is 0 Å². The smallest absolute Gasteiger partial charge is 0.223 e. The van der Waals surface area contributed by atoms with E-state index in [-0.39, 0.29) is 11.9 Å². The zero-order valence-corrected chi connectivity index (χ0v) is 18.5. The van der Waals surface area contributed by atoms with Crippen LogP contribution in [0.1, 0.15) is 42.3 Å². The molecule has 0 bridgehead atoms. The molecule has 3 rings (SSSR count). The van der Waals surface area contributed by atoms with Gasteiger partial charge in [-0.1, -0.05) is 24.3 Å². The highest BCUT2D eigenvalue weighted by molar-refractivity contribution is 5.76. The van der Waals surface area contributed by atoms with Crippen molar-refractivity contribution in [2.45, 2.75) is 38.6 Å². The first-order chi connectivity index (χ1) is 15.0. The number of methoxy groups -OCH3 is 2. The van der Waals surface area contributed by atoms with Gasteiger partial charge in [-0.2, -0.15) is 0 Å². The molecule has 0 saturated carbocycles. The van der Waals surface area contributed by atoms with E-state index in [0.717, 1.165) is 23.5 Å². The van der Waals surface area contributed by atoms with Crippen LogP contribution in [-0.4, -0.2) is 42.3 Å². The lowest BCUT2D eigenvalue weighted by Gasteiger charge is -2.25. The van der Waals surface area contributed by atoms with Gasteiger partial charge in [0.05, 0.1) is 20.3 Å². The van der Waals surface area contributed by atoms with Crippen LogP contribution in [0.25, 0.3) is 0 Å². The summed E-state index contributed by atoms with van der Waals surface area (Å²) in [6.07, 6.45) is 2.19. The average molecular weight is 424 g/mol. The van der Waals surface area contributed by atoms with E-state index in [0.29, 0.717) is 31.0 Å². The molecule has 0 aliphatic carbocycles. The van der Waals surface area contributed by atoms with Crippen LogP contribution in [0.3, 0.4) is 0 Å². The second-order valence-electron chi connectivity index (χ2n) is 7.39. The molecule has 1 amide bonds. The topological polar surface area (TPSA) is 77.7 Å². The van der Waals surface area contributed by atoms with Crippen LogP contribution >= 0.6 is 0 Å². The van der Waals surface area contributed by atoms with E-state index in [4.69, 9.17) is 13.9 Å². The summed E-state index contributed by atoms with van der Waals surface area (Å²) in [5, 5.41) is 8.20. The van der Waals surface area contributed by atoms with Crippen LogP contribution < -0.4 is 9.47 Å². The Morgan fingerprint density at radius 1 is 0.903 bits per heavy atom. The largest absolute Gasteiger partial charge is 0.497 e. The molecule has 0 unspecified atom stereocenters. The number of benzene rings is 2. The van der Waals surface area contributed by atoms with Gasteiger partial charge >= 0.3 is 0 Å². The van der Waals surface area contributed by atoms with Crippen LogP contribution in [-0.2, 0) is 24.1 Å². The minimum absolute atomic E-state index is 0.0290. The quantitative estimate of drug-likeness (QED) is 0.490. The van der Waals surface area contributed by atoms with Crippen LogP contribution in [0.15, 0.2) is 52.9 Å². The predicted octanol–water partition coefficient (Wildman–Crippen LogP) is 4.02. The van der Waals surface area contributed by atoms with Gasteiger partial charge in [-0.15, -0.1) is 10.2 Å². The van der Waals surface area contributed by atoms with Gasteiger partial charge in [-0.3, -0.25) is 4.79 Å². The fourth-order valence-corrected chi connectivity index (χ4v) is 3.25. The van der Waals surface area contributed by atoms with E-state index in [9.17, 15) is 4.79 Å². The van der Waals surface area contributed by atoms with Crippen LogP contribution in [0, 0.1) is 0 Å². The summed E-state index contributed by atoms with van der Waals surface area (Å²) >= 11 is 0. The molecular formula is C24H29N3O4. The highest BCUT2D eigenvalue weighted by Crippen LogP contribution is 2.22. The number of amides is 1. The Balaban J connectivity index is 1.47. The third kappa shape index (κ3) is 6.07. The van der Waals surface area contributed by atoms with Crippen molar-refractivity contribution < 1.29 is 18.7 Å². The third-order valence-corrected chi connectivity index (χ3v) is 5.42. The molecule has 164 valence electrons. The summed E-state index contributed by atoms with van der Waals surface area (Å²) in [6, 6.07) is 15.6. The Bertz CT molecular complexity index is 967. The number of rotatable bonds is 10. The van der Waals surface area contributed by atoms with E-state index in [1.165, 1.54) is 5.56 Å². The van der Waals surface area contributed by atoms with Gasteiger partial charge in [-0.25, -0.2) is 0 Å². The summed E-state index contributed by atoms with van der Waals surface area (Å²) in [5.41, 5.74) is 2.22. The Labute approximate surface area is 183 Å². The summed E-state index contributed by atoms with van der Waals surface area (Å²) in [4.78, 5) is 14.4. The number of nitrogens with zero attached hydrogens (tertiary/aromatic N) is 3. The molecule has 0 radical (unpaired) electrons. The summed E-state index contributed by atoms with van der Waals surface area (Å²) in [6.45, 7) is 2.00. The molecule has 7 heteroatoms. The van der Waals surface area contributed by atoms with Gasteiger partial charge in [0, 0.05) is 26.3 Å². The Morgan fingerprint density at radius 2 is 1.45 bits per heavy atom. The molecule has 1 atom stereocenters. The number of hydrogen-bond acceptors (Lipinski definition) is 6. The number of carbonyl (C=O) groups excluding carboxylic acids is 1. The lowest BCUT2D eigenvalue weighted by molar-refractivity contribution is -0.131. The van der Waals surface area contributed by atoms with Crippen molar-refractivity contribution in [2.75, 3.05) is 21.3 Å². The van der Waals surface area contributed by atoms with E-state index in [2.05, 4.69) is 10.2 Å². The molecule has 0 spiro atoms. The monoisotopic (exact) mass is 423 g/mol. The van der Waals surface area contributed by atoms with Crippen molar-refractivity contribution in [3.8, 4) is 11.5 Å². The van der Waals surface area contributed by atoms with Gasteiger partial charge in [0.25, 0.3) is 0 Å². The van der Waals surface area contributed by atoms with E-state index >= 15 is 0 Å². The Kier molecular flexibility index (Phi) is 7.65. The first-order valence-corrected chi connectivity index (χ1v) is 10.3. The number of aromatic nitrogens is 2. The Morgan fingerprint density at radius 3 is 2.03 bits per heavy atom. The van der Waals surface area contributed by atoms with Gasteiger partial charge in [0.1, 0.15) is 11.5 Å². The fourth-order valence-electron chi connectivity index (χ4n) is 3.25. The first-order valence-electron chi connectivity index (χ1n) is 10.3. The predicted molar refractivity (Wildman–Crippen MR) is 117 cm³/mol. The molecular weight excluding hydrogens is 394 g/mol. The molecule has 31 heavy (non-hydrogen) atoms. The summed E-state index contributed by atoms with van der Waals surface area (Å²) in [7, 11) is 5.10. The molecule has 0 N–H and O–H groups in total. The highest BCUT2D eigenvalue weighted by Gasteiger charge is 2.18. The Hall–Kier alpha value is -3.35. The number of aryl methyl sites for hydroxylation is 3. The second kappa shape index (κ2) is 10.6. The van der Waals surface area contributed by atoms with Gasteiger partial charge < -0.3 is 18.8 Å². The lowest BCUT2D eigenvalue weighted by Crippen LogP contribution is -2.29. The van der Waals surface area contributed by atoms with Crippen LogP contribution in [0.4, 0.5) is 0 Å². The standard InChI is InChI=1S/C24H29N3O4/c1-17(19-8-12-21(30-4)13-9-19)27(2)24(28)16-15-23-26-25-22(31-23)14-7-18-5-10-20(29-3)11-6-18/h5-6,8-13,17H,7,14-16H2,1-4H3/t17-/m1/s1. The van der Waals surface area contributed by atoms with E-state index in [1.807, 2.05) is 62.5 Å². The zero-order valence-electron chi connectivity index (χ0n) is 18.5. The lowest BCUT2D eigenvalue weighted by atomic mass is 10.1. The number of ether oxygens (including phenoxy) is 2. The van der Waals surface area contributed by atoms with Crippen molar-refractivity contribution in [3.63, 3.8) is 0 Å². The van der Waals surface area contributed by atoms with E-state index in [1.54, 1.807) is 19.1 Å². The summed E-state index contributed by atoms with van der Waals surface area (Å²) < 4.78 is 16.1. The molecule has 7 nitrogen and oxygen atoms in total. The highest BCUT2D eigenvalue weighted by atomic mass is 16.5. The molecule has 0 fully saturated rings. The third-order valence-electron chi connectivity index (χ3n) is 5.42. The molecule has 0 aliphatic rings. The minimum atomic E-state index is -0.0406. The fraction of sp³-hybridized carbons (Fsp3) is 0.375. The maximum absolute atomic E-state index is 12.6. The van der Waals surface area contributed by atoms with E-state index < -0.39 is 0 Å². The first kappa shape index (κ1) is 22.3. The minimum Gasteiger partial charge on any atom is -0.497 e. The van der Waals surface area contributed by atoms with Crippen LogP contribution in [0.2, 0.25) is 0 Å². The zero-order chi connectivity index (χ0) is 22.2. The molecule has 1 heterocycles. The summed E-state index contributed by atoms with van der Waals surface area (Å²) in [5.74, 6) is 2.73. The maximum atomic E-state index is 12.6. The van der Waals surface area contributed by atoms with Gasteiger partial charge in [0.2, 0.25) is 17.7 Å². The molecule has 1 aromatic heterocycles. The van der Waals surface area contributed by atoms with Crippen molar-refractivity contribution in [3.05, 3.63) is 71.4 Å². The SMILES string of the molecule is COc1ccc(CCc2nnc(CCC(=O)N(C)[C@H](C)c3ccc(OC)cc3)o2)cc1. The number of carbonyl (C=O) groups is 1. The average Bonchev–Trinajstić information content (AvgIpc) is 3.28. The van der Waals surface area contributed by atoms with Crippen molar-refractivity contribution >= 4 is 5.91 Å². The molecule has 2 aromatic carbocycles. The second-order valence-corrected chi connectivity index (χ2v) is 7.39. The van der Waals surface area contributed by atoms with Crippen molar-refractivity contribution in [2.24, 2.45) is 0 Å². The van der Waals surface area contributed by atoms with Gasteiger partial charge in [-0.05, 0) is 48.7 Å². The maximum Gasteiger partial charge on any atom is 0.223 e. The molecule has 0 saturated heterocycles. The molecule has 3 aromatic rings. The normalized spacial score (nSPS) is 11.7.